The second-order valence-corrected chi connectivity index (χ2v) is 7.95. The fourth-order valence-electron chi connectivity index (χ4n) is 4.10. The molecular weight excluding hydrogens is 364 g/mol. The van der Waals surface area contributed by atoms with Gasteiger partial charge in [0.05, 0.1) is 11.1 Å². The molecule has 1 saturated heterocycles. The van der Waals surface area contributed by atoms with Crippen molar-refractivity contribution in [1.29, 1.82) is 0 Å². The lowest BCUT2D eigenvalue weighted by Gasteiger charge is -2.29. The van der Waals surface area contributed by atoms with Crippen molar-refractivity contribution >= 4 is 27.8 Å². The highest BCUT2D eigenvalue weighted by Crippen LogP contribution is 2.30. The van der Waals surface area contributed by atoms with Gasteiger partial charge in [-0.3, -0.25) is 9.48 Å². The summed E-state index contributed by atoms with van der Waals surface area (Å²) < 4.78 is 1.82. The molecule has 5 rings (SSSR count). The van der Waals surface area contributed by atoms with Crippen LogP contribution in [-0.2, 0) is 7.05 Å². The molecule has 0 bridgehead atoms. The topological polar surface area (TPSA) is 78.8 Å². The summed E-state index contributed by atoms with van der Waals surface area (Å²) in [6, 6.07) is 8.37. The highest BCUT2D eigenvalue weighted by Gasteiger charge is 2.20. The average Bonchev–Trinajstić information content (AvgIpc) is 3.30. The van der Waals surface area contributed by atoms with Crippen LogP contribution in [0.25, 0.3) is 33.1 Å². The third-order valence-corrected chi connectivity index (χ3v) is 5.78. The van der Waals surface area contributed by atoms with E-state index in [0.29, 0.717) is 5.56 Å². The van der Waals surface area contributed by atoms with Crippen molar-refractivity contribution in [3.05, 3.63) is 48.4 Å². The van der Waals surface area contributed by atoms with Crippen LogP contribution in [0.15, 0.2) is 42.9 Å². The molecule has 0 aliphatic carbocycles. The van der Waals surface area contributed by atoms with Gasteiger partial charge in [-0.2, -0.15) is 5.10 Å². The molecule has 7 nitrogen and oxygen atoms in total. The van der Waals surface area contributed by atoms with Crippen LogP contribution in [-0.4, -0.2) is 56.7 Å². The minimum absolute atomic E-state index is 0.0520. The highest BCUT2D eigenvalue weighted by atomic mass is 16.1. The Morgan fingerprint density at radius 3 is 2.86 bits per heavy atom. The zero-order valence-electron chi connectivity index (χ0n) is 16.6. The standard InChI is InChI=1S/C22H24N6O/c1-27-7-5-17(6-8-27)25-22(29)15-10-18-19(12-24-21(18)23-11-15)14-3-4-20-16(9-14)13-28(2)26-20/h3-4,9-13,17H,5-8H2,1-2H3,(H,23,24)(H,25,29). The lowest BCUT2D eigenvalue weighted by molar-refractivity contribution is 0.0916. The molecule has 7 heteroatoms. The van der Waals surface area contributed by atoms with Gasteiger partial charge < -0.3 is 15.2 Å². The molecule has 3 aromatic heterocycles. The summed E-state index contributed by atoms with van der Waals surface area (Å²) in [4.78, 5) is 22.8. The zero-order valence-corrected chi connectivity index (χ0v) is 16.6. The first-order valence-electron chi connectivity index (χ1n) is 9.97. The maximum absolute atomic E-state index is 12.8. The van der Waals surface area contributed by atoms with Gasteiger partial charge in [0.1, 0.15) is 5.65 Å². The van der Waals surface area contributed by atoms with Crippen LogP contribution in [0, 0.1) is 0 Å². The maximum Gasteiger partial charge on any atom is 0.253 e. The fourth-order valence-corrected chi connectivity index (χ4v) is 4.10. The van der Waals surface area contributed by atoms with Crippen molar-refractivity contribution in [2.75, 3.05) is 20.1 Å². The van der Waals surface area contributed by atoms with E-state index in [4.69, 9.17) is 0 Å². The molecule has 4 aromatic rings. The van der Waals surface area contributed by atoms with Gasteiger partial charge >= 0.3 is 0 Å². The van der Waals surface area contributed by atoms with E-state index in [1.807, 2.05) is 36.3 Å². The van der Waals surface area contributed by atoms with Crippen LogP contribution < -0.4 is 5.32 Å². The van der Waals surface area contributed by atoms with Crippen molar-refractivity contribution < 1.29 is 4.79 Å². The molecule has 0 atom stereocenters. The van der Waals surface area contributed by atoms with E-state index in [9.17, 15) is 4.79 Å². The summed E-state index contributed by atoms with van der Waals surface area (Å²) >= 11 is 0. The maximum atomic E-state index is 12.8. The van der Waals surface area contributed by atoms with Gasteiger partial charge in [0.2, 0.25) is 0 Å². The SMILES string of the molecule is CN1CCC(NC(=O)c2cnc3[nH]cc(-c4ccc5nn(C)cc5c4)c3c2)CC1. The first-order valence-corrected chi connectivity index (χ1v) is 9.97. The minimum Gasteiger partial charge on any atom is -0.349 e. The monoisotopic (exact) mass is 388 g/mol. The Kier molecular flexibility index (Phi) is 4.32. The van der Waals surface area contributed by atoms with Crippen LogP contribution in [0.4, 0.5) is 0 Å². The van der Waals surface area contributed by atoms with Gasteiger partial charge in [-0.1, -0.05) is 6.07 Å². The summed E-state index contributed by atoms with van der Waals surface area (Å²) in [5.74, 6) is -0.0520. The number of nitrogens with one attached hydrogen (secondary N) is 2. The summed E-state index contributed by atoms with van der Waals surface area (Å²) in [6.07, 6.45) is 7.58. The largest absolute Gasteiger partial charge is 0.349 e. The third kappa shape index (κ3) is 3.38. The molecule has 148 valence electrons. The van der Waals surface area contributed by atoms with E-state index in [-0.39, 0.29) is 11.9 Å². The smallest absolute Gasteiger partial charge is 0.253 e. The molecule has 1 aromatic carbocycles. The Balaban J connectivity index is 1.45. The van der Waals surface area contributed by atoms with Crippen LogP contribution in [0.1, 0.15) is 23.2 Å². The van der Waals surface area contributed by atoms with E-state index >= 15 is 0 Å². The van der Waals surface area contributed by atoms with Gasteiger partial charge in [-0.05, 0) is 56.7 Å². The number of hydrogen-bond donors (Lipinski definition) is 2. The number of benzene rings is 1. The Bertz CT molecular complexity index is 1200. The van der Waals surface area contributed by atoms with E-state index in [2.05, 4.69) is 44.5 Å². The molecular formula is C22H24N6O. The Hall–Kier alpha value is -3.19. The van der Waals surface area contributed by atoms with E-state index in [1.165, 1.54) is 0 Å². The first kappa shape index (κ1) is 17.9. The molecule has 1 aliphatic heterocycles. The van der Waals surface area contributed by atoms with Crippen LogP contribution in [0.3, 0.4) is 0 Å². The van der Waals surface area contributed by atoms with Gasteiger partial charge in [0, 0.05) is 48.0 Å². The molecule has 1 aliphatic rings. The zero-order chi connectivity index (χ0) is 20.0. The predicted octanol–water partition coefficient (Wildman–Crippen LogP) is 2.94. The van der Waals surface area contributed by atoms with Crippen molar-refractivity contribution in [3.8, 4) is 11.1 Å². The third-order valence-electron chi connectivity index (χ3n) is 5.78. The van der Waals surface area contributed by atoms with Gasteiger partial charge in [-0.25, -0.2) is 4.98 Å². The molecule has 0 unspecified atom stereocenters. The highest BCUT2D eigenvalue weighted by molar-refractivity contribution is 6.02. The molecule has 0 saturated carbocycles. The molecule has 2 N–H and O–H groups in total. The fraction of sp³-hybridized carbons (Fsp3) is 0.318. The lowest BCUT2D eigenvalue weighted by Crippen LogP contribution is -2.43. The number of pyridine rings is 1. The Morgan fingerprint density at radius 1 is 1.21 bits per heavy atom. The van der Waals surface area contributed by atoms with Crippen molar-refractivity contribution in [1.82, 2.24) is 30.0 Å². The molecule has 4 heterocycles. The first-order chi connectivity index (χ1) is 14.1. The number of aromatic nitrogens is 4. The number of nitrogens with zero attached hydrogens (tertiary/aromatic N) is 4. The molecule has 1 amide bonds. The van der Waals surface area contributed by atoms with Crippen LogP contribution in [0.5, 0.6) is 0 Å². The van der Waals surface area contributed by atoms with Gasteiger partial charge in [0.25, 0.3) is 5.91 Å². The summed E-state index contributed by atoms with van der Waals surface area (Å²) in [7, 11) is 4.04. The van der Waals surface area contributed by atoms with E-state index < -0.39 is 0 Å². The van der Waals surface area contributed by atoms with Crippen LogP contribution in [0.2, 0.25) is 0 Å². The number of amides is 1. The van der Waals surface area contributed by atoms with E-state index in [0.717, 1.165) is 59.0 Å². The summed E-state index contributed by atoms with van der Waals surface area (Å²) in [5.41, 5.74) is 4.45. The Labute approximate surface area is 168 Å². The number of rotatable bonds is 3. The summed E-state index contributed by atoms with van der Waals surface area (Å²) in [6.45, 7) is 2.03. The number of H-pyrrole nitrogens is 1. The van der Waals surface area contributed by atoms with Gasteiger partial charge in [-0.15, -0.1) is 0 Å². The number of fused-ring (bicyclic) bond motifs is 2. The number of carbonyl (C=O) groups excluding carboxylic acids is 1. The van der Waals surface area contributed by atoms with Crippen molar-refractivity contribution in [2.45, 2.75) is 18.9 Å². The van der Waals surface area contributed by atoms with Crippen molar-refractivity contribution in [2.24, 2.45) is 7.05 Å². The second kappa shape index (κ2) is 7.00. The number of piperidine rings is 1. The predicted molar refractivity (Wildman–Crippen MR) is 114 cm³/mol. The molecule has 1 fully saturated rings. The number of likely N-dealkylation sites (tertiary alicyclic amines) is 1. The molecule has 0 spiro atoms. The average molecular weight is 388 g/mol. The number of hydrogen-bond acceptors (Lipinski definition) is 4. The number of carbonyl (C=O) groups is 1. The van der Waals surface area contributed by atoms with E-state index in [1.54, 1.807) is 6.20 Å². The van der Waals surface area contributed by atoms with Crippen molar-refractivity contribution in [3.63, 3.8) is 0 Å². The quantitative estimate of drug-likeness (QED) is 0.566. The molecule has 0 radical (unpaired) electrons. The summed E-state index contributed by atoms with van der Waals surface area (Å²) in [5, 5.41) is 9.64. The lowest BCUT2D eigenvalue weighted by atomic mass is 10.0. The normalized spacial score (nSPS) is 15.9. The Morgan fingerprint density at radius 2 is 2.03 bits per heavy atom. The molecule has 29 heavy (non-hydrogen) atoms. The minimum atomic E-state index is -0.0520. The van der Waals surface area contributed by atoms with Crippen LogP contribution >= 0.6 is 0 Å². The number of aromatic amines is 1. The second-order valence-electron chi connectivity index (χ2n) is 7.95. The number of aryl methyl sites for hydroxylation is 1. The van der Waals surface area contributed by atoms with Gasteiger partial charge in [0.15, 0.2) is 0 Å².